The first-order valence-corrected chi connectivity index (χ1v) is 9.73. The average Bonchev–Trinajstić information content (AvgIpc) is 3.26. The summed E-state index contributed by atoms with van der Waals surface area (Å²) in [4.78, 5) is 0. The van der Waals surface area contributed by atoms with Gasteiger partial charge in [-0.3, -0.25) is 5.32 Å². The highest BCUT2D eigenvalue weighted by Crippen LogP contribution is 2.23. The van der Waals surface area contributed by atoms with Crippen LogP contribution in [0.2, 0.25) is 0 Å². The fraction of sp³-hybridized carbons (Fsp3) is 0.571. The predicted molar refractivity (Wildman–Crippen MR) is 101 cm³/mol. The zero-order chi connectivity index (χ0) is 18.2. The van der Waals surface area contributed by atoms with Crippen LogP contribution >= 0.6 is 0 Å². The van der Waals surface area contributed by atoms with Gasteiger partial charge in [-0.2, -0.15) is 0 Å². The highest BCUT2D eigenvalue weighted by atomic mass is 16.5. The summed E-state index contributed by atoms with van der Waals surface area (Å²) >= 11 is 0. The van der Waals surface area contributed by atoms with E-state index in [2.05, 4.69) is 29.5 Å². The maximum Gasteiger partial charge on any atom is 0.136 e. The molecule has 142 valence electrons. The van der Waals surface area contributed by atoms with Crippen molar-refractivity contribution in [3.05, 3.63) is 47.3 Å². The Bertz CT molecular complexity index is 654. The molecule has 0 radical (unpaired) electrons. The molecule has 0 spiro atoms. The third kappa shape index (κ3) is 5.85. The third-order valence-electron chi connectivity index (χ3n) is 4.64. The van der Waals surface area contributed by atoms with E-state index in [1.54, 1.807) is 0 Å². The molecule has 0 saturated carbocycles. The van der Waals surface area contributed by atoms with E-state index < -0.39 is 0 Å². The van der Waals surface area contributed by atoms with E-state index in [9.17, 15) is 0 Å². The first-order chi connectivity index (χ1) is 12.7. The number of hydrogen-bond donors (Lipinski definition) is 1. The molecule has 1 fully saturated rings. The number of hydrogen-bond acceptors (Lipinski definition) is 5. The Hall–Kier alpha value is -1.85. The van der Waals surface area contributed by atoms with E-state index in [-0.39, 0.29) is 6.23 Å². The van der Waals surface area contributed by atoms with Crippen molar-refractivity contribution in [3.63, 3.8) is 0 Å². The molecule has 1 unspecified atom stereocenters. The normalized spacial score (nSPS) is 19.8. The van der Waals surface area contributed by atoms with Crippen molar-refractivity contribution in [1.82, 2.24) is 10.5 Å². The van der Waals surface area contributed by atoms with Crippen LogP contribution in [0.25, 0.3) is 0 Å². The van der Waals surface area contributed by atoms with Crippen molar-refractivity contribution in [2.24, 2.45) is 0 Å². The summed E-state index contributed by atoms with van der Waals surface area (Å²) in [5, 5.41) is 7.32. The Labute approximate surface area is 156 Å². The van der Waals surface area contributed by atoms with E-state index in [1.165, 1.54) is 19.3 Å². The minimum Gasteiger partial charge on any atom is -0.494 e. The van der Waals surface area contributed by atoms with Gasteiger partial charge in [0.25, 0.3) is 0 Å². The van der Waals surface area contributed by atoms with Gasteiger partial charge in [-0.1, -0.05) is 36.6 Å². The van der Waals surface area contributed by atoms with Gasteiger partial charge >= 0.3 is 0 Å². The number of unbranched alkanes of at least 4 members (excludes halogenated alkanes) is 4. The molecule has 1 N–H and O–H groups in total. The molecule has 0 aliphatic carbocycles. The minimum atomic E-state index is 0.0138. The van der Waals surface area contributed by atoms with Gasteiger partial charge in [0, 0.05) is 18.5 Å². The largest absolute Gasteiger partial charge is 0.494 e. The predicted octanol–water partition coefficient (Wildman–Crippen LogP) is 4.56. The standard InChI is InChI=1S/C21H30N2O3/c1-16-14-20(26-23-16)8-6-4-3-5-7-13-24-19-11-9-18(10-12-19)21-22-17(2)15-25-21/h9-12,14,17,21-22H,3-8,13,15H2,1-2H3/t17-,21?/m1/s1. The molecular weight excluding hydrogens is 328 g/mol. The van der Waals surface area contributed by atoms with E-state index in [4.69, 9.17) is 14.0 Å². The summed E-state index contributed by atoms with van der Waals surface area (Å²) in [6, 6.07) is 10.7. The van der Waals surface area contributed by atoms with Crippen molar-refractivity contribution < 1.29 is 14.0 Å². The summed E-state index contributed by atoms with van der Waals surface area (Å²) in [5.41, 5.74) is 2.12. The fourth-order valence-electron chi connectivity index (χ4n) is 3.18. The van der Waals surface area contributed by atoms with E-state index >= 15 is 0 Å². The van der Waals surface area contributed by atoms with E-state index in [1.807, 2.05) is 25.1 Å². The Morgan fingerprint density at radius 1 is 1.12 bits per heavy atom. The Morgan fingerprint density at radius 2 is 1.88 bits per heavy atom. The number of rotatable bonds is 10. The van der Waals surface area contributed by atoms with Gasteiger partial charge in [0.1, 0.15) is 17.7 Å². The molecule has 0 amide bonds. The first-order valence-electron chi connectivity index (χ1n) is 9.73. The fourth-order valence-corrected chi connectivity index (χ4v) is 3.18. The molecule has 1 aromatic heterocycles. The quantitative estimate of drug-likeness (QED) is 0.631. The molecule has 2 atom stereocenters. The van der Waals surface area contributed by atoms with Crippen LogP contribution in [0.3, 0.4) is 0 Å². The first kappa shape index (κ1) is 18.9. The molecule has 2 heterocycles. The maximum absolute atomic E-state index is 5.84. The second-order valence-electron chi connectivity index (χ2n) is 7.15. The summed E-state index contributed by atoms with van der Waals surface area (Å²) in [6.07, 6.45) is 6.91. The van der Waals surface area contributed by atoms with Gasteiger partial charge in [-0.15, -0.1) is 0 Å². The lowest BCUT2D eigenvalue weighted by molar-refractivity contribution is 0.101. The van der Waals surface area contributed by atoms with E-state index in [0.29, 0.717) is 6.04 Å². The van der Waals surface area contributed by atoms with Crippen molar-refractivity contribution >= 4 is 0 Å². The highest BCUT2D eigenvalue weighted by molar-refractivity contribution is 5.28. The topological polar surface area (TPSA) is 56.5 Å². The molecule has 1 aliphatic rings. The van der Waals surface area contributed by atoms with Gasteiger partial charge in [-0.25, -0.2) is 0 Å². The molecule has 5 nitrogen and oxygen atoms in total. The Kier molecular flexibility index (Phi) is 7.09. The van der Waals surface area contributed by atoms with Gasteiger partial charge < -0.3 is 14.0 Å². The van der Waals surface area contributed by atoms with Gasteiger partial charge in [-0.05, 0) is 44.4 Å². The van der Waals surface area contributed by atoms with Gasteiger partial charge in [0.05, 0.1) is 18.9 Å². The number of ether oxygens (including phenoxy) is 2. The second-order valence-corrected chi connectivity index (χ2v) is 7.15. The third-order valence-corrected chi connectivity index (χ3v) is 4.64. The van der Waals surface area contributed by atoms with Crippen LogP contribution in [0.5, 0.6) is 5.75 Å². The minimum absolute atomic E-state index is 0.0138. The summed E-state index contributed by atoms with van der Waals surface area (Å²) in [7, 11) is 0. The molecular formula is C21H30N2O3. The lowest BCUT2D eigenvalue weighted by Crippen LogP contribution is -2.22. The Morgan fingerprint density at radius 3 is 2.58 bits per heavy atom. The SMILES string of the molecule is Cc1cc(CCCCCCCOc2ccc(C3N[C@H](C)CO3)cc2)on1. The average molecular weight is 358 g/mol. The van der Waals surface area contributed by atoms with Crippen molar-refractivity contribution in [2.45, 2.75) is 64.6 Å². The lowest BCUT2D eigenvalue weighted by Gasteiger charge is -2.12. The zero-order valence-electron chi connectivity index (χ0n) is 15.9. The molecule has 1 aromatic carbocycles. The van der Waals surface area contributed by atoms with Crippen molar-refractivity contribution in [2.75, 3.05) is 13.2 Å². The van der Waals surface area contributed by atoms with Crippen LogP contribution in [-0.4, -0.2) is 24.4 Å². The molecule has 1 aliphatic heterocycles. The summed E-state index contributed by atoms with van der Waals surface area (Å²) in [6.45, 7) is 5.63. The number of nitrogens with zero attached hydrogens (tertiary/aromatic N) is 1. The summed E-state index contributed by atoms with van der Waals surface area (Å²) in [5.74, 6) is 1.93. The number of benzene rings is 1. The van der Waals surface area contributed by atoms with Gasteiger partial charge in [0.2, 0.25) is 0 Å². The molecule has 5 heteroatoms. The van der Waals surface area contributed by atoms with Crippen LogP contribution in [0.1, 0.15) is 62.3 Å². The van der Waals surface area contributed by atoms with Crippen molar-refractivity contribution in [1.29, 1.82) is 0 Å². The second kappa shape index (κ2) is 9.74. The van der Waals surface area contributed by atoms with Crippen LogP contribution in [0, 0.1) is 6.92 Å². The monoisotopic (exact) mass is 358 g/mol. The molecule has 3 rings (SSSR count). The van der Waals surface area contributed by atoms with Gasteiger partial charge in [0.15, 0.2) is 0 Å². The van der Waals surface area contributed by atoms with Crippen LogP contribution in [0.4, 0.5) is 0 Å². The number of aromatic nitrogens is 1. The van der Waals surface area contributed by atoms with E-state index in [0.717, 1.165) is 55.2 Å². The lowest BCUT2D eigenvalue weighted by atomic mass is 10.1. The maximum atomic E-state index is 5.84. The molecule has 1 saturated heterocycles. The smallest absolute Gasteiger partial charge is 0.136 e. The molecule has 2 aromatic rings. The highest BCUT2D eigenvalue weighted by Gasteiger charge is 2.21. The summed E-state index contributed by atoms with van der Waals surface area (Å²) < 4.78 is 16.8. The number of nitrogens with one attached hydrogen (secondary N) is 1. The van der Waals surface area contributed by atoms with Crippen LogP contribution < -0.4 is 10.1 Å². The molecule has 0 bridgehead atoms. The van der Waals surface area contributed by atoms with Crippen LogP contribution in [0.15, 0.2) is 34.9 Å². The zero-order valence-corrected chi connectivity index (χ0v) is 15.9. The van der Waals surface area contributed by atoms with Crippen molar-refractivity contribution in [3.8, 4) is 5.75 Å². The Balaban J connectivity index is 1.23. The van der Waals surface area contributed by atoms with Crippen LogP contribution in [-0.2, 0) is 11.2 Å². The molecule has 26 heavy (non-hydrogen) atoms. The number of aryl methyl sites for hydroxylation is 2.